The molecule has 3 aromatic rings. The molecular weight excluding hydrogens is 379 g/mol. The van der Waals surface area contributed by atoms with E-state index in [0.717, 1.165) is 13.0 Å². The van der Waals surface area contributed by atoms with Crippen molar-refractivity contribution in [2.24, 2.45) is 0 Å². The Bertz CT molecular complexity index is 1010. The Labute approximate surface area is 165 Å². The number of thiophene rings is 1. The summed E-state index contributed by atoms with van der Waals surface area (Å²) < 4.78 is 14.8. The van der Waals surface area contributed by atoms with Gasteiger partial charge >= 0.3 is 0 Å². The van der Waals surface area contributed by atoms with E-state index in [4.69, 9.17) is 0 Å². The highest BCUT2D eigenvalue weighted by Gasteiger charge is 2.21. The Morgan fingerprint density at radius 2 is 2.14 bits per heavy atom. The van der Waals surface area contributed by atoms with Crippen molar-refractivity contribution in [3.8, 4) is 5.69 Å². The Morgan fingerprint density at radius 1 is 1.25 bits per heavy atom. The van der Waals surface area contributed by atoms with Crippen LogP contribution in [-0.2, 0) is 17.8 Å². The smallest absolute Gasteiger partial charge is 0.271 e. The predicted octanol–water partition coefficient (Wildman–Crippen LogP) is 2.78. The fourth-order valence-corrected chi connectivity index (χ4v) is 4.09. The van der Waals surface area contributed by atoms with Gasteiger partial charge in [0.15, 0.2) is 5.69 Å². The van der Waals surface area contributed by atoms with Crippen LogP contribution in [0.5, 0.6) is 0 Å². The molecule has 1 aliphatic heterocycles. The van der Waals surface area contributed by atoms with E-state index in [-0.39, 0.29) is 36.3 Å². The average Bonchev–Trinajstić information content (AvgIpc) is 3.36. The van der Waals surface area contributed by atoms with E-state index in [1.54, 1.807) is 35.7 Å². The van der Waals surface area contributed by atoms with Crippen molar-refractivity contribution in [2.45, 2.75) is 19.4 Å². The number of aromatic nitrogens is 2. The van der Waals surface area contributed by atoms with Gasteiger partial charge in [0, 0.05) is 37.1 Å². The molecule has 4 rings (SSSR count). The molecule has 0 saturated carbocycles. The van der Waals surface area contributed by atoms with E-state index in [2.05, 4.69) is 21.9 Å². The van der Waals surface area contributed by atoms with Gasteiger partial charge in [-0.25, -0.2) is 9.07 Å². The number of carbonyl (C=O) groups excluding carboxylic acids is 2. The zero-order valence-corrected chi connectivity index (χ0v) is 15.9. The maximum atomic E-state index is 13.3. The minimum absolute atomic E-state index is 0.0300. The summed E-state index contributed by atoms with van der Waals surface area (Å²) in [5.74, 6) is -0.700. The van der Waals surface area contributed by atoms with Gasteiger partial charge < -0.3 is 10.2 Å². The van der Waals surface area contributed by atoms with Gasteiger partial charge in [-0.05, 0) is 47.7 Å². The lowest BCUT2D eigenvalue weighted by atomic mass is 10.1. The van der Waals surface area contributed by atoms with Crippen molar-refractivity contribution in [2.75, 3.05) is 13.1 Å². The van der Waals surface area contributed by atoms with Crippen molar-refractivity contribution in [1.29, 1.82) is 0 Å². The van der Waals surface area contributed by atoms with E-state index in [1.165, 1.54) is 27.3 Å². The molecule has 0 radical (unpaired) electrons. The maximum absolute atomic E-state index is 13.3. The summed E-state index contributed by atoms with van der Waals surface area (Å²) >= 11 is 1.73. The van der Waals surface area contributed by atoms with Crippen molar-refractivity contribution in [3.05, 3.63) is 69.9 Å². The van der Waals surface area contributed by atoms with Gasteiger partial charge in [0.2, 0.25) is 5.91 Å². The molecular formula is C20H19FN4O2S. The number of benzene rings is 1. The first-order chi connectivity index (χ1) is 13.6. The lowest BCUT2D eigenvalue weighted by Crippen LogP contribution is -2.37. The molecule has 3 heterocycles. The molecule has 8 heteroatoms. The number of nitrogens with zero attached hydrogens (tertiary/aromatic N) is 3. The normalized spacial score (nSPS) is 13.2. The number of amides is 2. The minimum Gasteiger partial charge on any atom is -0.350 e. The molecule has 0 unspecified atom stereocenters. The second-order valence-electron chi connectivity index (χ2n) is 6.57. The second kappa shape index (κ2) is 7.93. The molecule has 0 aliphatic carbocycles. The van der Waals surface area contributed by atoms with Gasteiger partial charge in [-0.15, -0.1) is 11.3 Å². The fraction of sp³-hybridized carbons (Fsp3) is 0.250. The number of halogens is 1. The number of fused-ring (bicyclic) bond motifs is 1. The quantitative estimate of drug-likeness (QED) is 0.719. The third kappa shape index (κ3) is 3.96. The van der Waals surface area contributed by atoms with Crippen LogP contribution in [0.3, 0.4) is 0 Å². The summed E-state index contributed by atoms with van der Waals surface area (Å²) in [7, 11) is 0. The van der Waals surface area contributed by atoms with Gasteiger partial charge in [-0.2, -0.15) is 5.10 Å². The Hall–Kier alpha value is -3.00. The number of rotatable bonds is 5. The second-order valence-corrected chi connectivity index (χ2v) is 7.57. The van der Waals surface area contributed by atoms with Crippen LogP contribution >= 0.6 is 11.3 Å². The summed E-state index contributed by atoms with van der Waals surface area (Å²) in [5, 5.41) is 8.95. The first kappa shape index (κ1) is 18.4. The molecule has 144 valence electrons. The van der Waals surface area contributed by atoms with Gasteiger partial charge in [0.1, 0.15) is 5.82 Å². The molecule has 0 atom stereocenters. The SMILES string of the molecule is O=C(NCCC(=O)N1CCc2sccc2C1)c1ccn(-c2cccc(F)c2)n1. The Kier molecular flexibility index (Phi) is 5.21. The van der Waals surface area contributed by atoms with Crippen molar-refractivity contribution in [1.82, 2.24) is 20.0 Å². The first-order valence-electron chi connectivity index (χ1n) is 9.03. The maximum Gasteiger partial charge on any atom is 0.271 e. The van der Waals surface area contributed by atoms with Gasteiger partial charge in [0.25, 0.3) is 5.91 Å². The summed E-state index contributed by atoms with van der Waals surface area (Å²) in [6.45, 7) is 1.61. The molecule has 1 N–H and O–H groups in total. The molecule has 0 bridgehead atoms. The number of hydrogen-bond donors (Lipinski definition) is 1. The van der Waals surface area contributed by atoms with Crippen LogP contribution in [0.1, 0.15) is 27.3 Å². The summed E-state index contributed by atoms with van der Waals surface area (Å²) in [6.07, 6.45) is 2.74. The summed E-state index contributed by atoms with van der Waals surface area (Å²) in [4.78, 5) is 27.8. The van der Waals surface area contributed by atoms with Crippen LogP contribution in [0.15, 0.2) is 48.0 Å². The van der Waals surface area contributed by atoms with Gasteiger partial charge in [-0.3, -0.25) is 9.59 Å². The molecule has 28 heavy (non-hydrogen) atoms. The summed E-state index contributed by atoms with van der Waals surface area (Å²) in [6, 6.07) is 9.59. The van der Waals surface area contributed by atoms with E-state index >= 15 is 0 Å². The first-order valence-corrected chi connectivity index (χ1v) is 9.91. The number of nitrogens with one attached hydrogen (secondary N) is 1. The predicted molar refractivity (Wildman–Crippen MR) is 104 cm³/mol. The van der Waals surface area contributed by atoms with E-state index in [1.807, 2.05) is 4.90 Å². The van der Waals surface area contributed by atoms with Crippen molar-refractivity contribution in [3.63, 3.8) is 0 Å². The average molecular weight is 398 g/mol. The standard InChI is InChI=1S/C20H19FN4O2S/c21-15-2-1-3-16(12-15)25-10-5-17(23-25)20(27)22-8-4-19(26)24-9-6-18-14(13-24)7-11-28-18/h1-3,5,7,10-12H,4,6,8-9,13H2,(H,22,27). The highest BCUT2D eigenvalue weighted by atomic mass is 32.1. The van der Waals surface area contributed by atoms with Crippen LogP contribution in [0.25, 0.3) is 5.69 Å². The molecule has 1 aliphatic rings. The van der Waals surface area contributed by atoms with E-state index in [0.29, 0.717) is 12.2 Å². The number of hydrogen-bond acceptors (Lipinski definition) is 4. The zero-order chi connectivity index (χ0) is 19.5. The van der Waals surface area contributed by atoms with Crippen LogP contribution in [0, 0.1) is 5.82 Å². The largest absolute Gasteiger partial charge is 0.350 e. The van der Waals surface area contributed by atoms with Gasteiger partial charge in [0.05, 0.1) is 5.69 Å². The van der Waals surface area contributed by atoms with Gasteiger partial charge in [-0.1, -0.05) is 6.07 Å². The van der Waals surface area contributed by atoms with Crippen molar-refractivity contribution < 1.29 is 14.0 Å². The zero-order valence-electron chi connectivity index (χ0n) is 15.1. The highest BCUT2D eigenvalue weighted by molar-refractivity contribution is 7.10. The third-order valence-corrected chi connectivity index (χ3v) is 5.70. The third-order valence-electron chi connectivity index (χ3n) is 4.68. The topological polar surface area (TPSA) is 67.2 Å². The summed E-state index contributed by atoms with van der Waals surface area (Å²) in [5.41, 5.74) is 1.97. The monoisotopic (exact) mass is 398 g/mol. The van der Waals surface area contributed by atoms with Crippen LogP contribution in [-0.4, -0.2) is 39.6 Å². The molecule has 0 spiro atoms. The number of carbonyl (C=O) groups is 2. The van der Waals surface area contributed by atoms with Crippen molar-refractivity contribution >= 4 is 23.2 Å². The molecule has 0 fully saturated rings. The van der Waals surface area contributed by atoms with Crippen LogP contribution in [0.4, 0.5) is 4.39 Å². The molecule has 2 amide bonds. The van der Waals surface area contributed by atoms with E-state index in [9.17, 15) is 14.0 Å². The Morgan fingerprint density at radius 3 is 3.00 bits per heavy atom. The van der Waals surface area contributed by atoms with Crippen LogP contribution < -0.4 is 5.32 Å². The van der Waals surface area contributed by atoms with E-state index < -0.39 is 0 Å². The minimum atomic E-state index is -0.371. The lowest BCUT2D eigenvalue weighted by molar-refractivity contribution is -0.131. The molecule has 1 aromatic carbocycles. The van der Waals surface area contributed by atoms with Crippen LogP contribution in [0.2, 0.25) is 0 Å². The molecule has 6 nitrogen and oxygen atoms in total. The fourth-order valence-electron chi connectivity index (χ4n) is 3.20. The molecule has 2 aromatic heterocycles. The molecule has 0 saturated heterocycles. The Balaban J connectivity index is 1.29. The highest BCUT2D eigenvalue weighted by Crippen LogP contribution is 2.24. The lowest BCUT2D eigenvalue weighted by Gasteiger charge is -2.27.